The van der Waals surface area contributed by atoms with E-state index >= 15 is 0 Å². The van der Waals surface area contributed by atoms with Gasteiger partial charge in [-0.25, -0.2) is 4.79 Å². The Morgan fingerprint density at radius 1 is 0.944 bits per heavy atom. The highest BCUT2D eigenvalue weighted by Gasteiger charge is 2.96. The molecule has 2 saturated heterocycles. The molecule has 1 spiro atoms. The van der Waals surface area contributed by atoms with Crippen LogP contribution < -0.4 is 21.3 Å². The van der Waals surface area contributed by atoms with Gasteiger partial charge in [0.15, 0.2) is 5.54 Å². The van der Waals surface area contributed by atoms with Gasteiger partial charge in [0.2, 0.25) is 5.91 Å². The molecule has 3 fully saturated rings. The van der Waals surface area contributed by atoms with Crippen molar-refractivity contribution in [2.45, 2.75) is 48.7 Å². The minimum atomic E-state index is -1.86. The van der Waals surface area contributed by atoms with E-state index in [0.717, 1.165) is 11.3 Å². The molecule has 4 atom stereocenters. The number of carbonyl (C=O) groups excluding carboxylic acids is 4. The van der Waals surface area contributed by atoms with Crippen LogP contribution in [-0.4, -0.2) is 53.4 Å². The van der Waals surface area contributed by atoms with Gasteiger partial charge in [-0.1, -0.05) is 60.7 Å². The molecule has 5 rings (SSSR count). The van der Waals surface area contributed by atoms with E-state index in [1.807, 2.05) is 80.8 Å². The number of rotatable bonds is 7. The number of carbonyl (C=O) groups is 4. The number of piperidine rings is 1. The fourth-order valence-corrected chi connectivity index (χ4v) is 7.42. The number of amides is 5. The predicted octanol–water partition coefficient (Wildman–Crippen LogP) is 1.85. The lowest BCUT2D eigenvalue weighted by atomic mass is 9.69. The number of urea groups is 1. The summed E-state index contributed by atoms with van der Waals surface area (Å²) in [5.41, 5.74) is -2.44. The van der Waals surface area contributed by atoms with Gasteiger partial charge < -0.3 is 5.32 Å². The second-order valence-electron chi connectivity index (χ2n) is 9.97. The van der Waals surface area contributed by atoms with Crippen LogP contribution in [0.4, 0.5) is 4.79 Å². The second-order valence-corrected chi connectivity index (χ2v) is 11.0. The molecule has 2 heterocycles. The Kier molecular flexibility index (Phi) is 5.95. The van der Waals surface area contributed by atoms with E-state index in [4.69, 9.17) is 0 Å². The molecule has 2 aromatic carbocycles. The van der Waals surface area contributed by atoms with E-state index in [0.29, 0.717) is 12.0 Å². The van der Waals surface area contributed by atoms with Crippen LogP contribution >= 0.6 is 11.8 Å². The molecule has 1 saturated carbocycles. The SMILES string of the molecule is CSCC[C@H]1NC2(C(=O)NC(=O)NC2=O)[C@@]2(c3ccccc3)[C@H](C(=O)NC(C)C)[C@@]12c1ccccc1. The van der Waals surface area contributed by atoms with Gasteiger partial charge in [0, 0.05) is 17.5 Å². The third-order valence-corrected chi connectivity index (χ3v) is 8.55. The van der Waals surface area contributed by atoms with Crippen LogP contribution in [0.15, 0.2) is 60.7 Å². The summed E-state index contributed by atoms with van der Waals surface area (Å²) >= 11 is 1.66. The summed E-state index contributed by atoms with van der Waals surface area (Å²) < 4.78 is 0. The van der Waals surface area contributed by atoms with Gasteiger partial charge >= 0.3 is 6.03 Å². The maximum absolute atomic E-state index is 14.0. The van der Waals surface area contributed by atoms with E-state index < -0.39 is 40.1 Å². The second kappa shape index (κ2) is 8.74. The summed E-state index contributed by atoms with van der Waals surface area (Å²) in [7, 11) is 0. The molecular weight excluding hydrogens is 476 g/mol. The average Bonchev–Trinajstić information content (AvgIpc) is 3.42. The van der Waals surface area contributed by atoms with Crippen molar-refractivity contribution in [3.05, 3.63) is 71.8 Å². The van der Waals surface area contributed by atoms with Crippen LogP contribution in [0.5, 0.6) is 0 Å². The van der Waals surface area contributed by atoms with Crippen LogP contribution in [0.25, 0.3) is 0 Å². The molecule has 8 nitrogen and oxygen atoms in total. The van der Waals surface area contributed by atoms with Crippen LogP contribution in [0.2, 0.25) is 0 Å². The molecule has 2 aromatic rings. The third-order valence-electron chi connectivity index (χ3n) is 7.91. The number of nitrogens with one attached hydrogen (secondary N) is 4. The number of fused-ring (bicyclic) bond motifs is 2. The van der Waals surface area contributed by atoms with Crippen LogP contribution in [-0.2, 0) is 25.2 Å². The Bertz CT molecular complexity index is 1200. The molecule has 0 bridgehead atoms. The number of barbiturate groups is 1. The largest absolute Gasteiger partial charge is 0.354 e. The van der Waals surface area contributed by atoms with Gasteiger partial charge in [0.1, 0.15) is 0 Å². The van der Waals surface area contributed by atoms with Gasteiger partial charge in [0.05, 0.1) is 11.3 Å². The summed E-state index contributed by atoms with van der Waals surface area (Å²) in [4.78, 5) is 53.9. The van der Waals surface area contributed by atoms with Crippen molar-refractivity contribution in [3.8, 4) is 0 Å². The zero-order chi connectivity index (χ0) is 25.7. The van der Waals surface area contributed by atoms with Gasteiger partial charge in [-0.05, 0) is 43.4 Å². The smallest absolute Gasteiger partial charge is 0.328 e. The van der Waals surface area contributed by atoms with Crippen molar-refractivity contribution in [3.63, 3.8) is 0 Å². The Labute approximate surface area is 214 Å². The highest BCUT2D eigenvalue weighted by atomic mass is 32.2. The van der Waals surface area contributed by atoms with Gasteiger partial charge in [-0.3, -0.25) is 30.3 Å². The molecule has 188 valence electrons. The molecule has 3 aliphatic rings. The zero-order valence-electron chi connectivity index (χ0n) is 20.5. The monoisotopic (exact) mass is 506 g/mol. The number of hydrogen-bond acceptors (Lipinski definition) is 6. The fourth-order valence-electron chi connectivity index (χ4n) is 6.95. The van der Waals surface area contributed by atoms with Crippen molar-refractivity contribution in [1.29, 1.82) is 0 Å². The molecule has 5 amide bonds. The Hall–Kier alpha value is -3.17. The molecule has 9 heteroatoms. The van der Waals surface area contributed by atoms with E-state index in [1.54, 1.807) is 11.8 Å². The van der Waals surface area contributed by atoms with E-state index in [9.17, 15) is 19.2 Å². The number of benzene rings is 2. The lowest BCUT2D eigenvalue weighted by Gasteiger charge is -2.40. The third kappa shape index (κ3) is 2.99. The maximum Gasteiger partial charge on any atom is 0.328 e. The van der Waals surface area contributed by atoms with Crippen LogP contribution in [0.3, 0.4) is 0 Å². The van der Waals surface area contributed by atoms with Gasteiger partial charge in [0.25, 0.3) is 11.8 Å². The lowest BCUT2D eigenvalue weighted by Crippen LogP contribution is -2.76. The molecular formula is C27H30N4O4S. The quantitative estimate of drug-likeness (QED) is 0.426. The zero-order valence-corrected chi connectivity index (χ0v) is 21.3. The molecule has 0 unspecified atom stereocenters. The molecule has 0 radical (unpaired) electrons. The molecule has 1 aliphatic carbocycles. The first-order valence-electron chi connectivity index (χ1n) is 12.1. The lowest BCUT2D eigenvalue weighted by molar-refractivity contribution is -0.141. The van der Waals surface area contributed by atoms with Gasteiger partial charge in [-0.2, -0.15) is 11.8 Å². The van der Waals surface area contributed by atoms with Crippen LogP contribution in [0.1, 0.15) is 31.4 Å². The fraction of sp³-hybridized carbons (Fsp3) is 0.407. The summed E-state index contributed by atoms with van der Waals surface area (Å²) in [6.45, 7) is 3.77. The molecule has 0 aromatic heterocycles. The normalized spacial score (nSPS) is 30.1. The number of hydrogen-bond donors (Lipinski definition) is 4. The van der Waals surface area contributed by atoms with Crippen molar-refractivity contribution in [2.75, 3.05) is 12.0 Å². The van der Waals surface area contributed by atoms with Crippen molar-refractivity contribution < 1.29 is 19.2 Å². The average molecular weight is 507 g/mol. The predicted molar refractivity (Wildman–Crippen MR) is 137 cm³/mol. The van der Waals surface area contributed by atoms with Crippen molar-refractivity contribution in [1.82, 2.24) is 21.3 Å². The molecule has 36 heavy (non-hydrogen) atoms. The standard InChI is InChI=1S/C27H30N4O4S/c1-16(2)28-21(32)20-25(17-10-6-4-7-11-17)19(14-15-36-3)31-27(22(33)29-24(35)30-23(27)34)26(20,25)18-12-8-5-9-13-18/h4-13,16,19-20,31H,14-15H2,1-3H3,(H,28,32)(H2,29,30,33,34,35)/t19-,20-,25-,26+/m1/s1. The topological polar surface area (TPSA) is 116 Å². The van der Waals surface area contributed by atoms with Gasteiger partial charge in [-0.15, -0.1) is 0 Å². The highest BCUT2D eigenvalue weighted by Crippen LogP contribution is 2.79. The first kappa shape index (κ1) is 24.5. The molecule has 4 N–H and O–H groups in total. The summed E-state index contributed by atoms with van der Waals surface area (Å²) in [5.74, 6) is -1.65. The Morgan fingerprint density at radius 3 is 2.03 bits per heavy atom. The Morgan fingerprint density at radius 2 is 1.50 bits per heavy atom. The van der Waals surface area contributed by atoms with E-state index in [2.05, 4.69) is 21.3 Å². The summed E-state index contributed by atoms with van der Waals surface area (Å²) in [6, 6.07) is 17.6. The first-order chi connectivity index (χ1) is 17.3. The van der Waals surface area contributed by atoms with Crippen molar-refractivity contribution in [2.24, 2.45) is 5.92 Å². The first-order valence-corrected chi connectivity index (χ1v) is 13.5. The number of imide groups is 2. The van der Waals surface area contributed by atoms with E-state index in [1.165, 1.54) is 0 Å². The maximum atomic E-state index is 14.0. The highest BCUT2D eigenvalue weighted by molar-refractivity contribution is 7.98. The summed E-state index contributed by atoms with van der Waals surface area (Å²) in [6.07, 6.45) is 2.62. The minimum Gasteiger partial charge on any atom is -0.354 e. The molecule has 2 aliphatic heterocycles. The Balaban J connectivity index is 1.86. The summed E-state index contributed by atoms with van der Waals surface area (Å²) in [5, 5.41) is 11.1. The van der Waals surface area contributed by atoms with Crippen LogP contribution in [0, 0.1) is 5.92 Å². The van der Waals surface area contributed by atoms with E-state index in [-0.39, 0.29) is 18.0 Å². The van der Waals surface area contributed by atoms with Crippen molar-refractivity contribution >= 4 is 35.5 Å². The number of thioether (sulfide) groups is 1. The minimum absolute atomic E-state index is 0.136.